The van der Waals surface area contributed by atoms with Crippen LogP contribution in [0.4, 0.5) is 0 Å². The number of amides is 2. The minimum Gasteiger partial charge on any atom is -0.496 e. The number of nitrogens with zero attached hydrogens (tertiary/aromatic N) is 2. The van der Waals surface area contributed by atoms with Gasteiger partial charge in [-0.1, -0.05) is 12.1 Å². The van der Waals surface area contributed by atoms with Crippen LogP contribution >= 0.6 is 11.3 Å². The van der Waals surface area contributed by atoms with Crippen LogP contribution in [-0.4, -0.2) is 69.2 Å². The molecule has 0 spiro atoms. The van der Waals surface area contributed by atoms with Crippen molar-refractivity contribution in [2.75, 3.05) is 41.5 Å². The molecule has 9 heteroatoms. The Bertz CT molecular complexity index is 1280. The molecule has 3 aromatic rings. The van der Waals surface area contributed by atoms with Crippen LogP contribution in [0.2, 0.25) is 0 Å². The Morgan fingerprint density at radius 3 is 2.10 bits per heavy atom. The lowest BCUT2D eigenvalue weighted by molar-refractivity contribution is -0.132. The molecule has 0 bridgehead atoms. The van der Waals surface area contributed by atoms with E-state index in [2.05, 4.69) is 19.1 Å². The number of aryl methyl sites for hydroxylation is 1. The Kier molecular flexibility index (Phi) is 9.35. The average Bonchev–Trinajstić information content (AvgIpc) is 3.72. The maximum absolute atomic E-state index is 13.8. The van der Waals surface area contributed by atoms with Gasteiger partial charge in [-0.2, -0.15) is 0 Å². The van der Waals surface area contributed by atoms with Gasteiger partial charge in [-0.25, -0.2) is 0 Å². The topological polar surface area (TPSA) is 77.5 Å². The summed E-state index contributed by atoms with van der Waals surface area (Å²) in [6.07, 6.45) is 2.37. The predicted octanol–water partition coefficient (Wildman–Crippen LogP) is 4.97. The van der Waals surface area contributed by atoms with Crippen molar-refractivity contribution < 1.29 is 28.5 Å². The van der Waals surface area contributed by atoms with Gasteiger partial charge in [0, 0.05) is 22.3 Å². The van der Waals surface area contributed by atoms with Crippen LogP contribution in [0.15, 0.2) is 48.5 Å². The second-order valence-electron chi connectivity index (χ2n) is 9.47. The molecule has 0 N–H and O–H groups in total. The van der Waals surface area contributed by atoms with Crippen LogP contribution in [0.3, 0.4) is 0 Å². The highest BCUT2D eigenvalue weighted by atomic mass is 32.1. The lowest BCUT2D eigenvalue weighted by Crippen LogP contribution is -2.44. The number of hydrogen-bond acceptors (Lipinski definition) is 7. The zero-order valence-corrected chi connectivity index (χ0v) is 24.0. The monoisotopic (exact) mass is 552 g/mol. The standard InChI is InChI=1S/C30H36N2O6S/c1-20-9-13-23(39-20)18-31(16-15-21-10-14-24(35-2)27(17-21)38-5)28(33)19-32(22-11-12-22)30(34)29-25(36-3)7-6-8-26(29)37-4/h6-10,13-14,17,22H,11-12,15-16,18-19H2,1-5H3. The van der Waals surface area contributed by atoms with Crippen molar-refractivity contribution in [2.24, 2.45) is 0 Å². The molecule has 8 nitrogen and oxygen atoms in total. The number of carbonyl (C=O) groups excluding carboxylic acids is 2. The molecule has 0 radical (unpaired) electrons. The first-order chi connectivity index (χ1) is 18.9. The van der Waals surface area contributed by atoms with Gasteiger partial charge in [0.2, 0.25) is 5.91 Å². The molecule has 0 aliphatic heterocycles. The molecule has 0 unspecified atom stereocenters. The lowest BCUT2D eigenvalue weighted by atomic mass is 10.1. The van der Waals surface area contributed by atoms with Crippen LogP contribution in [0.5, 0.6) is 23.0 Å². The third kappa shape index (κ3) is 6.84. The first-order valence-corrected chi connectivity index (χ1v) is 13.8. The number of rotatable bonds is 13. The molecule has 4 rings (SSSR count). The molecular formula is C30H36N2O6S. The Labute approximate surface area is 234 Å². The normalized spacial score (nSPS) is 12.5. The van der Waals surface area contributed by atoms with Gasteiger partial charge in [0.05, 0.1) is 35.0 Å². The van der Waals surface area contributed by atoms with Crippen molar-refractivity contribution in [1.29, 1.82) is 0 Å². The van der Waals surface area contributed by atoms with Gasteiger partial charge in [0.25, 0.3) is 5.91 Å². The Balaban J connectivity index is 1.56. The molecule has 2 aromatic carbocycles. The summed E-state index contributed by atoms with van der Waals surface area (Å²) in [5.74, 6) is 1.81. The number of carbonyl (C=O) groups is 2. The Morgan fingerprint density at radius 1 is 0.872 bits per heavy atom. The maximum atomic E-state index is 13.8. The summed E-state index contributed by atoms with van der Waals surface area (Å²) in [5, 5.41) is 0. The fourth-order valence-corrected chi connectivity index (χ4v) is 5.46. The second kappa shape index (κ2) is 12.9. The van der Waals surface area contributed by atoms with Gasteiger partial charge < -0.3 is 28.7 Å². The quantitative estimate of drug-likeness (QED) is 0.298. The largest absolute Gasteiger partial charge is 0.496 e. The summed E-state index contributed by atoms with van der Waals surface area (Å²) < 4.78 is 21.8. The van der Waals surface area contributed by atoms with E-state index >= 15 is 0 Å². The SMILES string of the molecule is COc1ccc(CCN(Cc2ccc(C)s2)C(=O)CN(C(=O)c2c(OC)cccc2OC)C2CC2)cc1OC. The number of benzene rings is 2. The smallest absolute Gasteiger partial charge is 0.262 e. The van der Waals surface area contributed by atoms with Crippen LogP contribution < -0.4 is 18.9 Å². The summed E-state index contributed by atoms with van der Waals surface area (Å²) in [7, 11) is 6.26. The summed E-state index contributed by atoms with van der Waals surface area (Å²) in [5.41, 5.74) is 1.37. The Morgan fingerprint density at radius 2 is 1.54 bits per heavy atom. The van der Waals surface area contributed by atoms with E-state index in [-0.39, 0.29) is 24.4 Å². The third-order valence-electron chi connectivity index (χ3n) is 6.81. The molecule has 1 heterocycles. The molecule has 208 valence electrons. The van der Waals surface area contributed by atoms with E-state index < -0.39 is 0 Å². The molecule has 2 amide bonds. The molecule has 0 atom stereocenters. The molecule has 1 aliphatic rings. The van der Waals surface area contributed by atoms with Crippen molar-refractivity contribution in [3.05, 3.63) is 69.4 Å². The molecule has 1 aliphatic carbocycles. The summed E-state index contributed by atoms with van der Waals surface area (Å²) >= 11 is 1.67. The van der Waals surface area contributed by atoms with E-state index in [1.54, 1.807) is 48.7 Å². The summed E-state index contributed by atoms with van der Waals surface area (Å²) in [6, 6.07) is 15.2. The summed E-state index contributed by atoms with van der Waals surface area (Å²) in [6.45, 7) is 3.02. The third-order valence-corrected chi connectivity index (χ3v) is 7.79. The van der Waals surface area contributed by atoms with Gasteiger partial charge in [-0.15, -0.1) is 11.3 Å². The lowest BCUT2D eigenvalue weighted by Gasteiger charge is -2.28. The number of methoxy groups -OCH3 is 4. The van der Waals surface area contributed by atoms with Crippen LogP contribution in [0.1, 0.15) is 38.5 Å². The van der Waals surface area contributed by atoms with Gasteiger partial charge in [-0.05, 0) is 68.1 Å². The van der Waals surface area contributed by atoms with Crippen molar-refractivity contribution in [3.63, 3.8) is 0 Å². The van der Waals surface area contributed by atoms with Gasteiger partial charge in [0.1, 0.15) is 23.6 Å². The fraction of sp³-hybridized carbons (Fsp3) is 0.400. The van der Waals surface area contributed by atoms with E-state index in [0.29, 0.717) is 48.1 Å². The van der Waals surface area contributed by atoms with Crippen LogP contribution in [0.25, 0.3) is 0 Å². The molecule has 1 aromatic heterocycles. The second-order valence-corrected chi connectivity index (χ2v) is 10.8. The number of hydrogen-bond donors (Lipinski definition) is 0. The van der Waals surface area contributed by atoms with E-state index in [4.69, 9.17) is 18.9 Å². The highest BCUT2D eigenvalue weighted by Gasteiger charge is 2.37. The average molecular weight is 553 g/mol. The highest BCUT2D eigenvalue weighted by molar-refractivity contribution is 7.11. The molecule has 39 heavy (non-hydrogen) atoms. The first-order valence-electron chi connectivity index (χ1n) is 12.9. The number of ether oxygens (including phenoxy) is 4. The summed E-state index contributed by atoms with van der Waals surface area (Å²) in [4.78, 5) is 33.4. The van der Waals surface area contributed by atoms with E-state index in [9.17, 15) is 9.59 Å². The van der Waals surface area contributed by atoms with E-state index in [0.717, 1.165) is 23.3 Å². The Hall–Kier alpha value is -3.72. The minimum absolute atomic E-state index is 0.0129. The van der Waals surface area contributed by atoms with Crippen molar-refractivity contribution in [3.8, 4) is 23.0 Å². The number of thiophene rings is 1. The maximum Gasteiger partial charge on any atom is 0.262 e. The zero-order chi connectivity index (χ0) is 27.9. The van der Waals surface area contributed by atoms with E-state index in [1.165, 1.54) is 19.1 Å². The predicted molar refractivity (Wildman–Crippen MR) is 151 cm³/mol. The van der Waals surface area contributed by atoms with E-state index in [1.807, 2.05) is 23.1 Å². The molecule has 1 fully saturated rings. The van der Waals surface area contributed by atoms with Crippen LogP contribution in [0, 0.1) is 6.92 Å². The first kappa shape index (κ1) is 28.3. The highest BCUT2D eigenvalue weighted by Crippen LogP contribution is 2.34. The zero-order valence-electron chi connectivity index (χ0n) is 23.2. The van der Waals surface area contributed by atoms with Gasteiger partial charge >= 0.3 is 0 Å². The van der Waals surface area contributed by atoms with Crippen molar-refractivity contribution in [2.45, 2.75) is 38.8 Å². The molecular weight excluding hydrogens is 516 g/mol. The molecule has 1 saturated carbocycles. The fourth-order valence-electron chi connectivity index (χ4n) is 4.55. The van der Waals surface area contributed by atoms with Crippen molar-refractivity contribution in [1.82, 2.24) is 9.80 Å². The van der Waals surface area contributed by atoms with Gasteiger partial charge in [-0.3, -0.25) is 9.59 Å². The van der Waals surface area contributed by atoms with Crippen molar-refractivity contribution >= 4 is 23.2 Å². The molecule has 0 saturated heterocycles. The van der Waals surface area contributed by atoms with Gasteiger partial charge in [0.15, 0.2) is 11.5 Å². The van der Waals surface area contributed by atoms with Crippen LogP contribution in [-0.2, 0) is 17.8 Å². The minimum atomic E-state index is -0.257.